The molecule has 0 radical (unpaired) electrons. The van der Waals surface area contributed by atoms with Crippen LogP contribution in [0.25, 0.3) is 0 Å². The Hall–Kier alpha value is -3.23. The summed E-state index contributed by atoms with van der Waals surface area (Å²) < 4.78 is 50.5. The van der Waals surface area contributed by atoms with E-state index in [1.165, 1.54) is 6.07 Å². The lowest BCUT2D eigenvalue weighted by Crippen LogP contribution is -2.35. The van der Waals surface area contributed by atoms with Crippen LogP contribution >= 0.6 is 0 Å². The van der Waals surface area contributed by atoms with Gasteiger partial charge in [0.15, 0.2) is 11.5 Å². The van der Waals surface area contributed by atoms with Gasteiger partial charge in [-0.2, -0.15) is 13.2 Å². The zero-order valence-electron chi connectivity index (χ0n) is 19.0. The first-order valence-corrected chi connectivity index (χ1v) is 11.2. The third-order valence-corrected chi connectivity index (χ3v) is 6.14. The topological polar surface area (TPSA) is 67.9 Å². The van der Waals surface area contributed by atoms with Crippen molar-refractivity contribution < 1.29 is 32.2 Å². The predicted molar refractivity (Wildman–Crippen MR) is 118 cm³/mol. The average Bonchev–Trinajstić information content (AvgIpc) is 3.43. The number of nitrogens with zero attached hydrogens (tertiary/aromatic N) is 1. The standard InChI is InChI=1S/C25H27F3N2O4/c1-15(2)8-23(31)30-12-19(17-4-3-5-18(10-17)25(26,27)28)20(13-30)24(32)29-11-16-6-7-21-22(9-16)34-14-33-21/h3-7,9-10,15,19-20H,8,11-14H2,1-2H3,(H,29,32). The van der Waals surface area contributed by atoms with Crippen molar-refractivity contribution in [3.63, 3.8) is 0 Å². The molecule has 0 bridgehead atoms. The van der Waals surface area contributed by atoms with E-state index in [-0.39, 0.29) is 44.2 Å². The highest BCUT2D eigenvalue weighted by Crippen LogP contribution is 2.37. The van der Waals surface area contributed by atoms with Gasteiger partial charge in [-0.15, -0.1) is 0 Å². The smallest absolute Gasteiger partial charge is 0.416 e. The fourth-order valence-electron chi connectivity index (χ4n) is 4.41. The Kier molecular flexibility index (Phi) is 6.72. The number of likely N-dealkylation sites (tertiary alicyclic amines) is 1. The lowest BCUT2D eigenvalue weighted by molar-refractivity contribution is -0.137. The van der Waals surface area contributed by atoms with Gasteiger partial charge in [-0.05, 0) is 35.2 Å². The van der Waals surface area contributed by atoms with Gasteiger partial charge < -0.3 is 19.7 Å². The molecule has 2 unspecified atom stereocenters. The largest absolute Gasteiger partial charge is 0.454 e. The van der Waals surface area contributed by atoms with Crippen LogP contribution in [-0.4, -0.2) is 36.6 Å². The lowest BCUT2D eigenvalue weighted by Gasteiger charge is -2.19. The van der Waals surface area contributed by atoms with Crippen molar-refractivity contribution in [2.75, 3.05) is 19.9 Å². The number of rotatable bonds is 6. The number of hydrogen-bond acceptors (Lipinski definition) is 4. The molecule has 0 aliphatic carbocycles. The quantitative estimate of drug-likeness (QED) is 0.674. The molecule has 2 atom stereocenters. The van der Waals surface area contributed by atoms with Gasteiger partial charge in [0, 0.05) is 32.0 Å². The van der Waals surface area contributed by atoms with Gasteiger partial charge >= 0.3 is 6.18 Å². The minimum atomic E-state index is -4.49. The Labute approximate surface area is 196 Å². The van der Waals surface area contributed by atoms with Crippen molar-refractivity contribution in [2.24, 2.45) is 11.8 Å². The molecule has 0 saturated carbocycles. The van der Waals surface area contributed by atoms with Gasteiger partial charge in [0.2, 0.25) is 18.6 Å². The van der Waals surface area contributed by atoms with Crippen molar-refractivity contribution in [1.82, 2.24) is 10.2 Å². The van der Waals surface area contributed by atoms with E-state index in [4.69, 9.17) is 9.47 Å². The van der Waals surface area contributed by atoms with Crippen molar-refractivity contribution in [2.45, 2.75) is 38.9 Å². The first kappa shape index (κ1) is 23.9. The zero-order valence-corrected chi connectivity index (χ0v) is 19.0. The molecule has 2 aromatic carbocycles. The summed E-state index contributed by atoms with van der Waals surface area (Å²) >= 11 is 0. The third-order valence-electron chi connectivity index (χ3n) is 6.14. The van der Waals surface area contributed by atoms with Crippen LogP contribution in [0.3, 0.4) is 0 Å². The summed E-state index contributed by atoms with van der Waals surface area (Å²) in [7, 11) is 0. The van der Waals surface area contributed by atoms with Crippen LogP contribution in [0.5, 0.6) is 11.5 Å². The number of halogens is 3. The summed E-state index contributed by atoms with van der Waals surface area (Å²) in [5, 5.41) is 2.88. The number of hydrogen-bond donors (Lipinski definition) is 1. The Morgan fingerprint density at radius 3 is 2.59 bits per heavy atom. The van der Waals surface area contributed by atoms with E-state index >= 15 is 0 Å². The van der Waals surface area contributed by atoms with Crippen molar-refractivity contribution >= 4 is 11.8 Å². The molecular formula is C25H27F3N2O4. The summed E-state index contributed by atoms with van der Waals surface area (Å²) in [5.74, 6) is -0.227. The maximum atomic E-state index is 13.3. The fourth-order valence-corrected chi connectivity index (χ4v) is 4.41. The number of ether oxygens (including phenoxy) is 2. The molecule has 9 heteroatoms. The lowest BCUT2D eigenvalue weighted by atomic mass is 9.87. The minimum Gasteiger partial charge on any atom is -0.454 e. The van der Waals surface area contributed by atoms with E-state index in [0.29, 0.717) is 23.5 Å². The van der Waals surface area contributed by atoms with Crippen molar-refractivity contribution in [3.8, 4) is 11.5 Å². The molecule has 2 aromatic rings. The maximum absolute atomic E-state index is 13.3. The summed E-state index contributed by atoms with van der Waals surface area (Å²) in [5.41, 5.74) is 0.438. The molecule has 2 heterocycles. The maximum Gasteiger partial charge on any atom is 0.416 e. The van der Waals surface area contributed by atoms with Gasteiger partial charge in [-0.3, -0.25) is 9.59 Å². The summed E-state index contributed by atoms with van der Waals surface area (Å²) in [4.78, 5) is 27.5. The number of alkyl halides is 3. The van der Waals surface area contributed by atoms with Crippen LogP contribution in [0.4, 0.5) is 13.2 Å². The highest BCUT2D eigenvalue weighted by molar-refractivity contribution is 5.83. The second kappa shape index (κ2) is 9.56. The second-order valence-corrected chi connectivity index (χ2v) is 9.14. The molecule has 1 N–H and O–H groups in total. The van der Waals surface area contributed by atoms with Gasteiger partial charge in [0.25, 0.3) is 0 Å². The predicted octanol–water partition coefficient (Wildman–Crippen LogP) is 4.34. The van der Waals surface area contributed by atoms with Crippen LogP contribution < -0.4 is 14.8 Å². The number of benzene rings is 2. The van der Waals surface area contributed by atoms with Crippen LogP contribution in [0, 0.1) is 11.8 Å². The van der Waals surface area contributed by atoms with E-state index in [0.717, 1.165) is 17.7 Å². The Balaban J connectivity index is 1.53. The third kappa shape index (κ3) is 5.29. The van der Waals surface area contributed by atoms with Crippen LogP contribution in [-0.2, 0) is 22.3 Å². The minimum absolute atomic E-state index is 0.0990. The molecule has 0 spiro atoms. The van der Waals surface area contributed by atoms with Gasteiger partial charge in [-0.1, -0.05) is 38.1 Å². The van der Waals surface area contributed by atoms with Crippen LogP contribution in [0.15, 0.2) is 42.5 Å². The highest BCUT2D eigenvalue weighted by Gasteiger charge is 2.41. The number of carbonyl (C=O) groups is 2. The SMILES string of the molecule is CC(C)CC(=O)N1CC(C(=O)NCc2ccc3c(c2)OCO3)C(c2cccc(C(F)(F)F)c2)C1. The monoisotopic (exact) mass is 476 g/mol. The molecule has 0 aromatic heterocycles. The molecule has 1 fully saturated rings. The molecule has 1 saturated heterocycles. The molecule has 34 heavy (non-hydrogen) atoms. The molecule has 2 aliphatic rings. The van der Waals surface area contributed by atoms with Gasteiger partial charge in [-0.25, -0.2) is 0 Å². The normalized spacial score (nSPS) is 19.5. The molecule has 182 valence electrons. The first-order valence-electron chi connectivity index (χ1n) is 11.2. The van der Waals surface area contributed by atoms with E-state index in [1.54, 1.807) is 23.1 Å². The van der Waals surface area contributed by atoms with Crippen molar-refractivity contribution in [1.29, 1.82) is 0 Å². The molecule has 6 nitrogen and oxygen atoms in total. The molecule has 4 rings (SSSR count). The molecule has 2 amide bonds. The Bertz CT molecular complexity index is 1070. The Morgan fingerprint density at radius 2 is 1.85 bits per heavy atom. The number of amides is 2. The van der Waals surface area contributed by atoms with Gasteiger partial charge in [0.05, 0.1) is 11.5 Å². The van der Waals surface area contributed by atoms with Gasteiger partial charge in [0.1, 0.15) is 0 Å². The van der Waals surface area contributed by atoms with E-state index in [2.05, 4.69) is 5.32 Å². The zero-order chi connectivity index (χ0) is 24.5. The fraction of sp³-hybridized carbons (Fsp3) is 0.440. The number of carbonyl (C=O) groups excluding carboxylic acids is 2. The number of fused-ring (bicyclic) bond motifs is 1. The highest BCUT2D eigenvalue weighted by atomic mass is 19.4. The first-order chi connectivity index (χ1) is 16.1. The average molecular weight is 476 g/mol. The second-order valence-electron chi connectivity index (χ2n) is 9.14. The summed E-state index contributed by atoms with van der Waals surface area (Å²) in [6, 6.07) is 10.4. The Morgan fingerprint density at radius 1 is 1.09 bits per heavy atom. The molecular weight excluding hydrogens is 449 g/mol. The van der Waals surface area contributed by atoms with E-state index in [9.17, 15) is 22.8 Å². The summed E-state index contributed by atoms with van der Waals surface area (Å²) in [6.07, 6.45) is -4.17. The summed E-state index contributed by atoms with van der Waals surface area (Å²) in [6.45, 7) is 4.59. The van der Waals surface area contributed by atoms with E-state index in [1.807, 2.05) is 19.9 Å². The molecule has 2 aliphatic heterocycles. The van der Waals surface area contributed by atoms with Crippen LogP contribution in [0.1, 0.15) is 42.9 Å². The number of nitrogens with one attached hydrogen (secondary N) is 1. The van der Waals surface area contributed by atoms with Crippen molar-refractivity contribution in [3.05, 3.63) is 59.2 Å². The van der Waals surface area contributed by atoms with E-state index < -0.39 is 23.6 Å². The van der Waals surface area contributed by atoms with Crippen LogP contribution in [0.2, 0.25) is 0 Å².